The molecule has 0 fully saturated rings. The van der Waals surface area contributed by atoms with E-state index in [1.807, 2.05) is 19.1 Å². The van der Waals surface area contributed by atoms with Crippen molar-refractivity contribution < 1.29 is 0 Å². The normalized spacial score (nSPS) is 17.0. The minimum Gasteiger partial charge on any atom is -0.256 e. The highest BCUT2D eigenvalue weighted by atomic mass is 15.5. The standard InChI is InChI=1S/C9H16N2/c1-11(2)10-8-7-9-5-3-4-6-9/h3-6,9-10H,7-8H2,1-2H3. The van der Waals surface area contributed by atoms with Gasteiger partial charge in [-0.05, 0) is 12.3 Å². The molecule has 0 saturated carbocycles. The zero-order chi connectivity index (χ0) is 8.10. The summed E-state index contributed by atoms with van der Waals surface area (Å²) >= 11 is 0. The topological polar surface area (TPSA) is 15.3 Å². The Balaban J connectivity index is 2.03. The summed E-state index contributed by atoms with van der Waals surface area (Å²) in [7, 11) is 4.03. The van der Waals surface area contributed by atoms with Crippen LogP contribution in [-0.4, -0.2) is 25.6 Å². The van der Waals surface area contributed by atoms with Crippen molar-refractivity contribution in [2.24, 2.45) is 5.92 Å². The van der Waals surface area contributed by atoms with E-state index in [0.717, 1.165) is 6.54 Å². The van der Waals surface area contributed by atoms with Crippen molar-refractivity contribution in [1.82, 2.24) is 10.4 Å². The number of hydrogen-bond donors (Lipinski definition) is 1. The summed E-state index contributed by atoms with van der Waals surface area (Å²) in [6.07, 6.45) is 9.88. The first-order chi connectivity index (χ1) is 5.29. The van der Waals surface area contributed by atoms with E-state index in [1.54, 1.807) is 0 Å². The van der Waals surface area contributed by atoms with Gasteiger partial charge in [-0.25, -0.2) is 0 Å². The Hall–Kier alpha value is -0.600. The molecular weight excluding hydrogens is 136 g/mol. The average molecular weight is 152 g/mol. The molecule has 0 bridgehead atoms. The monoisotopic (exact) mass is 152 g/mol. The number of hydrogen-bond acceptors (Lipinski definition) is 2. The molecule has 0 radical (unpaired) electrons. The Bertz CT molecular complexity index is 147. The van der Waals surface area contributed by atoms with Crippen LogP contribution in [0.25, 0.3) is 0 Å². The van der Waals surface area contributed by atoms with E-state index in [4.69, 9.17) is 0 Å². The predicted octanol–water partition coefficient (Wildman–Crippen LogP) is 1.18. The Labute approximate surface area is 68.6 Å². The summed E-state index contributed by atoms with van der Waals surface area (Å²) in [6, 6.07) is 0. The predicted molar refractivity (Wildman–Crippen MR) is 48.1 cm³/mol. The second kappa shape index (κ2) is 4.31. The summed E-state index contributed by atoms with van der Waals surface area (Å²) in [5.74, 6) is 0.655. The molecule has 0 saturated heterocycles. The number of allylic oxidation sites excluding steroid dienone is 4. The summed E-state index contributed by atoms with van der Waals surface area (Å²) in [5.41, 5.74) is 3.24. The minimum absolute atomic E-state index is 0.655. The minimum atomic E-state index is 0.655. The van der Waals surface area contributed by atoms with Crippen molar-refractivity contribution in [1.29, 1.82) is 0 Å². The number of nitrogens with one attached hydrogen (secondary N) is 1. The molecule has 11 heavy (non-hydrogen) atoms. The molecule has 1 aliphatic carbocycles. The maximum atomic E-state index is 3.24. The van der Waals surface area contributed by atoms with Gasteiger partial charge in [0.05, 0.1) is 0 Å². The molecule has 0 amide bonds. The Morgan fingerprint density at radius 3 is 2.45 bits per heavy atom. The first-order valence-electron chi connectivity index (χ1n) is 4.05. The van der Waals surface area contributed by atoms with Gasteiger partial charge in [0.2, 0.25) is 0 Å². The first kappa shape index (κ1) is 8.50. The van der Waals surface area contributed by atoms with Gasteiger partial charge in [-0.2, -0.15) is 0 Å². The van der Waals surface area contributed by atoms with Gasteiger partial charge < -0.3 is 0 Å². The molecule has 0 aromatic carbocycles. The van der Waals surface area contributed by atoms with Crippen molar-refractivity contribution in [3.8, 4) is 0 Å². The second-order valence-corrected chi connectivity index (χ2v) is 3.02. The number of hydrazine groups is 1. The lowest BCUT2D eigenvalue weighted by atomic mass is 10.1. The molecule has 0 heterocycles. The quantitative estimate of drug-likeness (QED) is 0.609. The molecule has 62 valence electrons. The third kappa shape index (κ3) is 3.35. The third-order valence-corrected chi connectivity index (χ3v) is 1.73. The smallest absolute Gasteiger partial charge is 0.0111 e. The lowest BCUT2D eigenvalue weighted by Crippen LogP contribution is -2.31. The van der Waals surface area contributed by atoms with Crippen LogP contribution in [0.2, 0.25) is 0 Å². The fraction of sp³-hybridized carbons (Fsp3) is 0.556. The van der Waals surface area contributed by atoms with Crippen molar-refractivity contribution in [2.75, 3.05) is 20.6 Å². The summed E-state index contributed by atoms with van der Waals surface area (Å²) in [5, 5.41) is 1.99. The van der Waals surface area contributed by atoms with E-state index < -0.39 is 0 Å². The van der Waals surface area contributed by atoms with Gasteiger partial charge in [-0.3, -0.25) is 10.4 Å². The van der Waals surface area contributed by atoms with Crippen molar-refractivity contribution in [3.63, 3.8) is 0 Å². The van der Waals surface area contributed by atoms with Crippen LogP contribution in [0.3, 0.4) is 0 Å². The lowest BCUT2D eigenvalue weighted by molar-refractivity contribution is 0.285. The highest BCUT2D eigenvalue weighted by molar-refractivity contribution is 5.17. The average Bonchev–Trinajstić information content (AvgIpc) is 2.39. The summed E-state index contributed by atoms with van der Waals surface area (Å²) in [4.78, 5) is 0. The van der Waals surface area contributed by atoms with Crippen LogP contribution < -0.4 is 5.43 Å². The Morgan fingerprint density at radius 2 is 1.91 bits per heavy atom. The SMILES string of the molecule is CN(C)NCCC1C=CC=C1. The van der Waals surface area contributed by atoms with Crippen LogP contribution in [0.15, 0.2) is 24.3 Å². The first-order valence-corrected chi connectivity index (χ1v) is 4.05. The van der Waals surface area contributed by atoms with Gasteiger partial charge >= 0.3 is 0 Å². The van der Waals surface area contributed by atoms with Crippen LogP contribution in [0.4, 0.5) is 0 Å². The zero-order valence-electron chi connectivity index (χ0n) is 7.25. The van der Waals surface area contributed by atoms with E-state index >= 15 is 0 Å². The molecule has 0 aliphatic heterocycles. The molecule has 0 aromatic heterocycles. The second-order valence-electron chi connectivity index (χ2n) is 3.02. The van der Waals surface area contributed by atoms with Crippen molar-refractivity contribution in [2.45, 2.75) is 6.42 Å². The van der Waals surface area contributed by atoms with Crippen LogP contribution in [0, 0.1) is 5.92 Å². The highest BCUT2D eigenvalue weighted by Gasteiger charge is 2.02. The highest BCUT2D eigenvalue weighted by Crippen LogP contribution is 2.11. The van der Waals surface area contributed by atoms with Crippen molar-refractivity contribution >= 4 is 0 Å². The lowest BCUT2D eigenvalue weighted by Gasteiger charge is -2.12. The van der Waals surface area contributed by atoms with E-state index in [9.17, 15) is 0 Å². The largest absolute Gasteiger partial charge is 0.256 e. The molecule has 2 nitrogen and oxygen atoms in total. The van der Waals surface area contributed by atoms with Gasteiger partial charge in [0.1, 0.15) is 0 Å². The van der Waals surface area contributed by atoms with E-state index in [1.165, 1.54) is 6.42 Å². The molecule has 1 aliphatic rings. The van der Waals surface area contributed by atoms with Crippen LogP contribution in [-0.2, 0) is 0 Å². The van der Waals surface area contributed by atoms with Gasteiger partial charge in [-0.15, -0.1) is 0 Å². The van der Waals surface area contributed by atoms with Gasteiger partial charge in [-0.1, -0.05) is 24.3 Å². The molecule has 0 aromatic rings. The fourth-order valence-electron chi connectivity index (χ4n) is 1.13. The molecule has 0 unspecified atom stereocenters. The number of nitrogens with zero attached hydrogens (tertiary/aromatic N) is 1. The summed E-state index contributed by atoms with van der Waals surface area (Å²) in [6.45, 7) is 1.05. The molecular formula is C9H16N2. The zero-order valence-corrected chi connectivity index (χ0v) is 7.25. The van der Waals surface area contributed by atoms with E-state index in [0.29, 0.717) is 5.92 Å². The summed E-state index contributed by atoms with van der Waals surface area (Å²) < 4.78 is 0. The molecule has 2 heteroatoms. The van der Waals surface area contributed by atoms with E-state index in [2.05, 4.69) is 29.7 Å². The van der Waals surface area contributed by atoms with Gasteiger partial charge in [0.25, 0.3) is 0 Å². The van der Waals surface area contributed by atoms with Crippen molar-refractivity contribution in [3.05, 3.63) is 24.3 Å². The van der Waals surface area contributed by atoms with Gasteiger partial charge in [0.15, 0.2) is 0 Å². The fourth-order valence-corrected chi connectivity index (χ4v) is 1.13. The maximum absolute atomic E-state index is 3.24. The maximum Gasteiger partial charge on any atom is 0.0111 e. The number of rotatable bonds is 4. The van der Waals surface area contributed by atoms with Crippen LogP contribution in [0.1, 0.15) is 6.42 Å². The van der Waals surface area contributed by atoms with Gasteiger partial charge in [0, 0.05) is 20.6 Å². The Kier molecular flexibility index (Phi) is 3.33. The Morgan fingerprint density at radius 1 is 1.27 bits per heavy atom. The van der Waals surface area contributed by atoms with Crippen LogP contribution >= 0.6 is 0 Å². The molecule has 0 spiro atoms. The molecule has 0 atom stereocenters. The van der Waals surface area contributed by atoms with Crippen LogP contribution in [0.5, 0.6) is 0 Å². The third-order valence-electron chi connectivity index (χ3n) is 1.73. The molecule has 1 rings (SSSR count). The molecule has 1 N–H and O–H groups in total. The van der Waals surface area contributed by atoms with E-state index in [-0.39, 0.29) is 0 Å².